The first kappa shape index (κ1) is 19.4. The first-order valence-corrected chi connectivity index (χ1v) is 7.36. The number of rotatable bonds is 10. The van der Waals surface area contributed by atoms with Crippen molar-refractivity contribution in [1.82, 2.24) is 0 Å². The zero-order chi connectivity index (χ0) is 16.4. The van der Waals surface area contributed by atoms with Gasteiger partial charge in [-0.25, -0.2) is 0 Å². The van der Waals surface area contributed by atoms with E-state index in [1.54, 1.807) is 13.8 Å². The Balaban J connectivity index is 4.66. The van der Waals surface area contributed by atoms with E-state index in [1.807, 2.05) is 6.92 Å². The van der Waals surface area contributed by atoms with Crippen LogP contribution in [0.15, 0.2) is 0 Å². The van der Waals surface area contributed by atoms with Crippen molar-refractivity contribution >= 4 is 17.9 Å². The number of esters is 2. The van der Waals surface area contributed by atoms with Crippen molar-refractivity contribution in [3.63, 3.8) is 0 Å². The van der Waals surface area contributed by atoms with E-state index in [0.717, 1.165) is 0 Å². The maximum Gasteiger partial charge on any atom is 0.305 e. The lowest BCUT2D eigenvalue weighted by Crippen LogP contribution is -2.28. The van der Waals surface area contributed by atoms with Gasteiger partial charge in [0.25, 0.3) is 0 Å². The SMILES string of the molecule is CCC(=O)OC(CC(C)CC(=O)O)CC(CC)OC(C)=O. The monoisotopic (exact) mass is 302 g/mol. The smallest absolute Gasteiger partial charge is 0.305 e. The average molecular weight is 302 g/mol. The van der Waals surface area contributed by atoms with Crippen LogP contribution in [0.25, 0.3) is 0 Å². The third-order valence-electron chi connectivity index (χ3n) is 3.09. The predicted octanol–water partition coefficient (Wildman–Crippen LogP) is 2.54. The molecule has 0 saturated carbocycles. The molecule has 6 heteroatoms. The van der Waals surface area contributed by atoms with Crippen molar-refractivity contribution in [2.45, 2.75) is 72.0 Å². The van der Waals surface area contributed by atoms with Gasteiger partial charge in [-0.1, -0.05) is 20.8 Å². The van der Waals surface area contributed by atoms with Crippen LogP contribution >= 0.6 is 0 Å². The lowest BCUT2D eigenvalue weighted by molar-refractivity contribution is -0.154. The molecule has 0 spiro atoms. The van der Waals surface area contributed by atoms with Gasteiger partial charge in [0, 0.05) is 26.2 Å². The van der Waals surface area contributed by atoms with Gasteiger partial charge in [-0.3, -0.25) is 14.4 Å². The van der Waals surface area contributed by atoms with Crippen LogP contribution in [0.3, 0.4) is 0 Å². The van der Waals surface area contributed by atoms with Crippen molar-refractivity contribution in [2.24, 2.45) is 5.92 Å². The van der Waals surface area contributed by atoms with E-state index in [2.05, 4.69) is 0 Å². The lowest BCUT2D eigenvalue weighted by Gasteiger charge is -2.24. The summed E-state index contributed by atoms with van der Waals surface area (Å²) in [6.07, 6.45) is 0.971. The highest BCUT2D eigenvalue weighted by Crippen LogP contribution is 2.20. The molecule has 0 amide bonds. The van der Waals surface area contributed by atoms with Gasteiger partial charge in [-0.2, -0.15) is 0 Å². The Bertz CT molecular complexity index is 352. The van der Waals surface area contributed by atoms with Crippen molar-refractivity contribution in [3.8, 4) is 0 Å². The van der Waals surface area contributed by atoms with Crippen LogP contribution in [0.1, 0.15) is 59.8 Å². The van der Waals surface area contributed by atoms with Gasteiger partial charge in [-0.05, 0) is 18.8 Å². The van der Waals surface area contributed by atoms with Gasteiger partial charge in [0.1, 0.15) is 12.2 Å². The highest BCUT2D eigenvalue weighted by molar-refractivity contribution is 5.69. The second-order valence-electron chi connectivity index (χ2n) is 5.28. The normalized spacial score (nSPS) is 14.9. The van der Waals surface area contributed by atoms with E-state index >= 15 is 0 Å². The van der Waals surface area contributed by atoms with Gasteiger partial charge in [-0.15, -0.1) is 0 Å². The van der Waals surface area contributed by atoms with Crippen molar-refractivity contribution in [3.05, 3.63) is 0 Å². The summed E-state index contributed by atoms with van der Waals surface area (Å²) < 4.78 is 10.5. The van der Waals surface area contributed by atoms with Crippen molar-refractivity contribution < 1.29 is 29.0 Å². The Hall–Kier alpha value is -1.59. The Labute approximate surface area is 125 Å². The molecule has 1 N–H and O–H groups in total. The number of ether oxygens (including phenoxy) is 2. The Kier molecular flexibility index (Phi) is 9.41. The molecule has 122 valence electrons. The Morgan fingerprint density at radius 1 is 1.05 bits per heavy atom. The van der Waals surface area contributed by atoms with Crippen LogP contribution in [0.4, 0.5) is 0 Å². The summed E-state index contributed by atoms with van der Waals surface area (Å²) in [5.41, 5.74) is 0. The number of hydrogen-bond donors (Lipinski definition) is 1. The molecular weight excluding hydrogens is 276 g/mol. The molecule has 0 aliphatic carbocycles. The molecule has 0 radical (unpaired) electrons. The predicted molar refractivity (Wildman–Crippen MR) is 76.7 cm³/mol. The fourth-order valence-corrected chi connectivity index (χ4v) is 2.12. The molecule has 0 aromatic carbocycles. The quantitative estimate of drug-likeness (QED) is 0.624. The maximum absolute atomic E-state index is 11.5. The van der Waals surface area contributed by atoms with E-state index in [-0.39, 0.29) is 36.8 Å². The molecule has 21 heavy (non-hydrogen) atoms. The standard InChI is InChI=1S/C15H26O6/c1-5-12(20-11(4)16)9-13(21-15(19)6-2)7-10(3)8-14(17)18/h10,12-13H,5-9H2,1-4H3,(H,17,18). The van der Waals surface area contributed by atoms with Crippen molar-refractivity contribution in [1.29, 1.82) is 0 Å². The fourth-order valence-electron chi connectivity index (χ4n) is 2.12. The number of carboxylic acid groups (broad SMARTS) is 1. The molecule has 6 nitrogen and oxygen atoms in total. The largest absolute Gasteiger partial charge is 0.481 e. The number of carboxylic acids is 1. The second-order valence-corrected chi connectivity index (χ2v) is 5.28. The van der Waals surface area contributed by atoms with Crippen LogP contribution in [-0.2, 0) is 23.9 Å². The second kappa shape index (κ2) is 10.2. The molecule has 3 atom stereocenters. The third-order valence-corrected chi connectivity index (χ3v) is 3.09. The number of aliphatic carboxylic acids is 1. The van der Waals surface area contributed by atoms with E-state index < -0.39 is 12.1 Å². The molecular formula is C15H26O6. The van der Waals surface area contributed by atoms with Gasteiger partial charge < -0.3 is 14.6 Å². The maximum atomic E-state index is 11.5. The number of carbonyl (C=O) groups is 3. The molecule has 0 aromatic heterocycles. The molecule has 0 aliphatic heterocycles. The fraction of sp³-hybridized carbons (Fsp3) is 0.800. The molecule has 0 aliphatic rings. The minimum absolute atomic E-state index is 0.0184. The van der Waals surface area contributed by atoms with Crippen LogP contribution in [0.5, 0.6) is 0 Å². The van der Waals surface area contributed by atoms with Gasteiger partial charge >= 0.3 is 17.9 Å². The van der Waals surface area contributed by atoms with Gasteiger partial charge in [0.15, 0.2) is 0 Å². The van der Waals surface area contributed by atoms with E-state index in [1.165, 1.54) is 6.92 Å². The molecule has 0 heterocycles. The summed E-state index contributed by atoms with van der Waals surface area (Å²) in [7, 11) is 0. The Morgan fingerprint density at radius 2 is 1.67 bits per heavy atom. The topological polar surface area (TPSA) is 89.9 Å². The van der Waals surface area contributed by atoms with Crippen molar-refractivity contribution in [2.75, 3.05) is 0 Å². The van der Waals surface area contributed by atoms with Crippen LogP contribution < -0.4 is 0 Å². The number of carbonyl (C=O) groups excluding carboxylic acids is 2. The average Bonchev–Trinajstić information content (AvgIpc) is 2.35. The first-order valence-electron chi connectivity index (χ1n) is 7.36. The molecule has 0 bridgehead atoms. The zero-order valence-corrected chi connectivity index (χ0v) is 13.3. The van der Waals surface area contributed by atoms with E-state index in [9.17, 15) is 14.4 Å². The van der Waals surface area contributed by atoms with Crippen LogP contribution in [0, 0.1) is 5.92 Å². The van der Waals surface area contributed by atoms with Gasteiger partial charge in [0.05, 0.1) is 0 Å². The molecule has 0 fully saturated rings. The van der Waals surface area contributed by atoms with Crippen LogP contribution in [-0.4, -0.2) is 35.2 Å². The zero-order valence-electron chi connectivity index (χ0n) is 13.3. The minimum atomic E-state index is -0.880. The summed E-state index contributed by atoms with van der Waals surface area (Å²) in [6, 6.07) is 0. The highest BCUT2D eigenvalue weighted by Gasteiger charge is 2.23. The lowest BCUT2D eigenvalue weighted by atomic mass is 9.96. The third kappa shape index (κ3) is 9.87. The molecule has 0 aromatic rings. The van der Waals surface area contributed by atoms with E-state index in [0.29, 0.717) is 19.3 Å². The first-order chi connectivity index (χ1) is 9.78. The van der Waals surface area contributed by atoms with E-state index in [4.69, 9.17) is 14.6 Å². The minimum Gasteiger partial charge on any atom is -0.481 e. The summed E-state index contributed by atoms with van der Waals surface area (Å²) in [5.74, 6) is -1.71. The summed E-state index contributed by atoms with van der Waals surface area (Å²) in [4.78, 5) is 33.2. The molecule has 0 rings (SSSR count). The molecule has 0 saturated heterocycles. The summed E-state index contributed by atoms with van der Waals surface area (Å²) in [6.45, 7) is 6.72. The Morgan fingerprint density at radius 3 is 2.10 bits per heavy atom. The van der Waals surface area contributed by atoms with Gasteiger partial charge in [0.2, 0.25) is 0 Å². The molecule has 3 unspecified atom stereocenters. The summed E-state index contributed by atoms with van der Waals surface area (Å²) >= 11 is 0. The van der Waals surface area contributed by atoms with Crippen LogP contribution in [0.2, 0.25) is 0 Å². The summed E-state index contributed by atoms with van der Waals surface area (Å²) in [5, 5.41) is 8.79. The number of hydrogen-bond acceptors (Lipinski definition) is 5. The highest BCUT2D eigenvalue weighted by atomic mass is 16.6.